The lowest BCUT2D eigenvalue weighted by Gasteiger charge is -2.19. The van der Waals surface area contributed by atoms with Crippen molar-refractivity contribution in [1.29, 1.82) is 0 Å². The van der Waals surface area contributed by atoms with Crippen molar-refractivity contribution in [2.24, 2.45) is 0 Å². The monoisotopic (exact) mass is 207 g/mol. The SMILES string of the molecule is CC(CNCCc1ccccn1)N(C)C. The third kappa shape index (κ3) is 4.91. The van der Waals surface area contributed by atoms with Crippen LogP contribution in [0.2, 0.25) is 0 Å². The molecule has 0 bridgehead atoms. The second kappa shape index (κ2) is 6.53. The van der Waals surface area contributed by atoms with Crippen LogP contribution in [0.5, 0.6) is 0 Å². The van der Waals surface area contributed by atoms with Crippen molar-refractivity contribution in [2.75, 3.05) is 27.2 Å². The van der Waals surface area contributed by atoms with Crippen LogP contribution in [0.3, 0.4) is 0 Å². The summed E-state index contributed by atoms with van der Waals surface area (Å²) < 4.78 is 0. The van der Waals surface area contributed by atoms with E-state index in [1.807, 2.05) is 18.3 Å². The summed E-state index contributed by atoms with van der Waals surface area (Å²) >= 11 is 0. The lowest BCUT2D eigenvalue weighted by atomic mass is 10.2. The third-order valence-corrected chi connectivity index (χ3v) is 2.61. The number of pyridine rings is 1. The highest BCUT2D eigenvalue weighted by molar-refractivity contribution is 5.03. The Morgan fingerprint density at radius 2 is 2.20 bits per heavy atom. The molecule has 0 fully saturated rings. The maximum atomic E-state index is 4.28. The average Bonchev–Trinajstić information content (AvgIpc) is 2.25. The molecule has 3 heteroatoms. The lowest BCUT2D eigenvalue weighted by molar-refractivity contribution is 0.303. The first-order chi connectivity index (χ1) is 7.20. The maximum absolute atomic E-state index is 4.28. The summed E-state index contributed by atoms with van der Waals surface area (Å²) in [4.78, 5) is 6.50. The zero-order valence-electron chi connectivity index (χ0n) is 9.90. The highest BCUT2D eigenvalue weighted by Gasteiger charge is 2.02. The summed E-state index contributed by atoms with van der Waals surface area (Å²) in [6, 6.07) is 6.63. The predicted molar refractivity (Wildman–Crippen MR) is 64.0 cm³/mol. The van der Waals surface area contributed by atoms with Gasteiger partial charge in [0.05, 0.1) is 0 Å². The van der Waals surface area contributed by atoms with E-state index in [0.717, 1.165) is 25.2 Å². The molecule has 1 unspecified atom stereocenters. The van der Waals surface area contributed by atoms with Gasteiger partial charge in [-0.3, -0.25) is 4.98 Å². The Kier molecular flexibility index (Phi) is 5.29. The lowest BCUT2D eigenvalue weighted by Crippen LogP contribution is -2.36. The van der Waals surface area contributed by atoms with Gasteiger partial charge in [-0.15, -0.1) is 0 Å². The van der Waals surface area contributed by atoms with E-state index in [1.165, 1.54) is 0 Å². The van der Waals surface area contributed by atoms with Crippen molar-refractivity contribution < 1.29 is 0 Å². The van der Waals surface area contributed by atoms with Crippen LogP contribution in [-0.2, 0) is 6.42 Å². The number of likely N-dealkylation sites (N-methyl/N-ethyl adjacent to an activating group) is 1. The van der Waals surface area contributed by atoms with Crippen molar-refractivity contribution >= 4 is 0 Å². The molecule has 0 spiro atoms. The minimum Gasteiger partial charge on any atom is -0.315 e. The highest BCUT2D eigenvalue weighted by atomic mass is 15.1. The minimum atomic E-state index is 0.578. The first-order valence-corrected chi connectivity index (χ1v) is 5.47. The van der Waals surface area contributed by atoms with Gasteiger partial charge < -0.3 is 10.2 Å². The van der Waals surface area contributed by atoms with E-state index in [2.05, 4.69) is 42.3 Å². The predicted octanol–water partition coefficient (Wildman–Crippen LogP) is 1.16. The van der Waals surface area contributed by atoms with Crippen LogP contribution in [-0.4, -0.2) is 43.1 Å². The zero-order valence-corrected chi connectivity index (χ0v) is 9.90. The highest BCUT2D eigenvalue weighted by Crippen LogP contribution is 1.93. The molecule has 0 aliphatic heterocycles. The van der Waals surface area contributed by atoms with Crippen molar-refractivity contribution in [3.05, 3.63) is 30.1 Å². The molecule has 1 atom stereocenters. The molecule has 0 saturated carbocycles. The van der Waals surface area contributed by atoms with Crippen molar-refractivity contribution in [3.63, 3.8) is 0 Å². The molecule has 0 aliphatic rings. The number of hydrogen-bond donors (Lipinski definition) is 1. The first-order valence-electron chi connectivity index (χ1n) is 5.47. The Bertz CT molecular complexity index is 259. The minimum absolute atomic E-state index is 0.578. The number of hydrogen-bond acceptors (Lipinski definition) is 3. The number of rotatable bonds is 6. The fourth-order valence-corrected chi connectivity index (χ4v) is 1.26. The van der Waals surface area contributed by atoms with Crippen LogP contribution < -0.4 is 5.32 Å². The van der Waals surface area contributed by atoms with Crippen LogP contribution in [0.1, 0.15) is 12.6 Å². The van der Waals surface area contributed by atoms with Gasteiger partial charge in [0.15, 0.2) is 0 Å². The number of nitrogens with one attached hydrogen (secondary N) is 1. The molecule has 1 heterocycles. The molecule has 84 valence electrons. The fraction of sp³-hybridized carbons (Fsp3) is 0.583. The van der Waals surface area contributed by atoms with Crippen molar-refractivity contribution in [1.82, 2.24) is 15.2 Å². The smallest absolute Gasteiger partial charge is 0.0416 e. The van der Waals surface area contributed by atoms with Gasteiger partial charge in [-0.25, -0.2) is 0 Å². The molecule has 0 amide bonds. The molecular formula is C12H21N3. The molecule has 0 saturated heterocycles. The van der Waals surface area contributed by atoms with Gasteiger partial charge in [-0.1, -0.05) is 6.07 Å². The number of nitrogens with zero attached hydrogens (tertiary/aromatic N) is 2. The first kappa shape index (κ1) is 12.1. The molecule has 0 aliphatic carbocycles. The Balaban J connectivity index is 2.12. The molecule has 3 nitrogen and oxygen atoms in total. The van der Waals surface area contributed by atoms with E-state index in [0.29, 0.717) is 6.04 Å². The Labute approximate surface area is 92.5 Å². The van der Waals surface area contributed by atoms with Crippen molar-refractivity contribution in [2.45, 2.75) is 19.4 Å². The quantitative estimate of drug-likeness (QED) is 0.710. The molecule has 0 radical (unpaired) electrons. The second-order valence-corrected chi connectivity index (χ2v) is 4.09. The van der Waals surface area contributed by atoms with E-state index >= 15 is 0 Å². The van der Waals surface area contributed by atoms with Gasteiger partial charge in [-0.05, 0) is 33.2 Å². The molecule has 1 rings (SSSR count). The van der Waals surface area contributed by atoms with Gasteiger partial charge in [-0.2, -0.15) is 0 Å². The summed E-state index contributed by atoms with van der Waals surface area (Å²) in [6.07, 6.45) is 2.85. The van der Waals surface area contributed by atoms with Gasteiger partial charge in [0.2, 0.25) is 0 Å². The zero-order chi connectivity index (χ0) is 11.1. The summed E-state index contributed by atoms with van der Waals surface area (Å²) in [6.45, 7) is 4.24. The van der Waals surface area contributed by atoms with E-state index in [9.17, 15) is 0 Å². The van der Waals surface area contributed by atoms with Crippen LogP contribution in [0.4, 0.5) is 0 Å². The van der Waals surface area contributed by atoms with Gasteiger partial charge in [0.1, 0.15) is 0 Å². The van der Waals surface area contributed by atoms with E-state index in [4.69, 9.17) is 0 Å². The summed E-state index contributed by atoms with van der Waals surface area (Å²) in [5.41, 5.74) is 1.16. The fourth-order valence-electron chi connectivity index (χ4n) is 1.26. The molecule has 0 aromatic carbocycles. The van der Waals surface area contributed by atoms with Gasteiger partial charge >= 0.3 is 0 Å². The van der Waals surface area contributed by atoms with Crippen LogP contribution in [0, 0.1) is 0 Å². The Hall–Kier alpha value is -0.930. The summed E-state index contributed by atoms with van der Waals surface area (Å²) in [7, 11) is 4.20. The van der Waals surface area contributed by atoms with Crippen molar-refractivity contribution in [3.8, 4) is 0 Å². The van der Waals surface area contributed by atoms with Crippen LogP contribution >= 0.6 is 0 Å². The normalized spacial score (nSPS) is 13.1. The van der Waals surface area contributed by atoms with Crippen LogP contribution in [0.25, 0.3) is 0 Å². The van der Waals surface area contributed by atoms with Gasteiger partial charge in [0, 0.05) is 37.4 Å². The molecule has 1 aromatic rings. The number of aromatic nitrogens is 1. The van der Waals surface area contributed by atoms with E-state index in [-0.39, 0.29) is 0 Å². The second-order valence-electron chi connectivity index (χ2n) is 4.09. The Morgan fingerprint density at radius 1 is 1.40 bits per heavy atom. The topological polar surface area (TPSA) is 28.2 Å². The summed E-state index contributed by atoms with van der Waals surface area (Å²) in [5.74, 6) is 0. The standard InChI is InChI=1S/C12H21N3/c1-11(15(2)3)10-13-9-7-12-6-4-5-8-14-12/h4-6,8,11,13H,7,9-10H2,1-3H3. The Morgan fingerprint density at radius 3 is 2.80 bits per heavy atom. The van der Waals surface area contributed by atoms with E-state index < -0.39 is 0 Å². The molecular weight excluding hydrogens is 186 g/mol. The third-order valence-electron chi connectivity index (χ3n) is 2.61. The summed E-state index contributed by atoms with van der Waals surface area (Å²) in [5, 5.41) is 3.43. The van der Waals surface area contributed by atoms with Gasteiger partial charge in [0.25, 0.3) is 0 Å². The molecule has 1 aromatic heterocycles. The molecule has 15 heavy (non-hydrogen) atoms. The largest absolute Gasteiger partial charge is 0.315 e. The van der Waals surface area contributed by atoms with Crippen LogP contribution in [0.15, 0.2) is 24.4 Å². The maximum Gasteiger partial charge on any atom is 0.0416 e. The molecule has 1 N–H and O–H groups in total. The average molecular weight is 207 g/mol. The van der Waals surface area contributed by atoms with E-state index in [1.54, 1.807) is 0 Å².